The first-order chi connectivity index (χ1) is 15.9. The topological polar surface area (TPSA) is 92.0 Å². The van der Waals surface area contributed by atoms with Gasteiger partial charge < -0.3 is 9.64 Å². The van der Waals surface area contributed by atoms with E-state index in [1.54, 1.807) is 36.1 Å². The van der Waals surface area contributed by atoms with Crippen molar-refractivity contribution in [2.75, 3.05) is 13.1 Å². The first kappa shape index (κ1) is 22.6. The van der Waals surface area contributed by atoms with Crippen LogP contribution in [0.5, 0.6) is 5.88 Å². The average molecular weight is 466 g/mol. The Balaban J connectivity index is 1.60. The average Bonchev–Trinajstić information content (AvgIpc) is 3.27. The molecule has 7 nitrogen and oxygen atoms in total. The maximum absolute atomic E-state index is 13.8. The molecule has 1 fully saturated rings. The number of benzene rings is 1. The number of ether oxygens (including phenoxy) is 1. The molecule has 2 aromatic heterocycles. The fraction of sp³-hybridized carbons (Fsp3) is 0.292. The van der Waals surface area contributed by atoms with Crippen LogP contribution < -0.4 is 4.74 Å². The van der Waals surface area contributed by atoms with Crippen molar-refractivity contribution in [1.29, 1.82) is 5.26 Å². The van der Waals surface area contributed by atoms with Gasteiger partial charge in [0.25, 0.3) is 5.91 Å². The number of carbonyl (C=O) groups is 1. The van der Waals surface area contributed by atoms with E-state index in [2.05, 4.69) is 15.0 Å². The maximum Gasteiger partial charge on any atom is 0.257 e. The lowest BCUT2D eigenvalue weighted by Gasteiger charge is -2.25. The summed E-state index contributed by atoms with van der Waals surface area (Å²) in [5.41, 5.74) is 1.66. The standard InChI is InChI=1S/C24H21ClFN5O2/c1-14(33-23-6-3-16(8-27)9-30-23)19-12-31(24(32)18-10-28-15(2)29-11-18)13-20(19)17-4-5-22(26)21(25)7-17/h3-7,9-11,14,19-20H,12-13H2,1-2H3/t14-,19?,20+/m0/s1. The predicted octanol–water partition coefficient (Wildman–Crippen LogP) is 4.17. The highest BCUT2D eigenvalue weighted by atomic mass is 35.5. The van der Waals surface area contributed by atoms with E-state index in [1.807, 2.05) is 13.0 Å². The highest BCUT2D eigenvalue weighted by Crippen LogP contribution is 2.38. The normalized spacial score (nSPS) is 18.6. The monoisotopic (exact) mass is 465 g/mol. The van der Waals surface area contributed by atoms with Crippen LogP contribution in [0.2, 0.25) is 5.02 Å². The smallest absolute Gasteiger partial charge is 0.257 e. The van der Waals surface area contributed by atoms with E-state index < -0.39 is 5.82 Å². The molecule has 3 heterocycles. The van der Waals surface area contributed by atoms with E-state index in [-0.39, 0.29) is 28.9 Å². The van der Waals surface area contributed by atoms with Gasteiger partial charge in [-0.25, -0.2) is 19.3 Å². The van der Waals surface area contributed by atoms with Crippen molar-refractivity contribution in [2.24, 2.45) is 5.92 Å². The summed E-state index contributed by atoms with van der Waals surface area (Å²) in [6, 6.07) is 9.92. The van der Waals surface area contributed by atoms with Crippen molar-refractivity contribution >= 4 is 17.5 Å². The van der Waals surface area contributed by atoms with E-state index in [0.717, 1.165) is 5.56 Å². The van der Waals surface area contributed by atoms with Crippen molar-refractivity contribution in [3.63, 3.8) is 0 Å². The first-order valence-corrected chi connectivity index (χ1v) is 10.8. The molecule has 1 saturated heterocycles. The van der Waals surface area contributed by atoms with Gasteiger partial charge in [0.2, 0.25) is 5.88 Å². The number of carbonyl (C=O) groups excluding carboxylic acids is 1. The second kappa shape index (κ2) is 9.51. The Morgan fingerprint density at radius 2 is 1.97 bits per heavy atom. The molecule has 3 atom stereocenters. The molecular formula is C24H21ClFN5O2. The molecule has 4 rings (SSSR count). The molecule has 1 amide bonds. The van der Waals surface area contributed by atoms with Crippen molar-refractivity contribution in [1.82, 2.24) is 19.9 Å². The predicted molar refractivity (Wildman–Crippen MR) is 119 cm³/mol. The Bertz CT molecular complexity index is 1200. The fourth-order valence-corrected chi connectivity index (χ4v) is 4.23. The molecular weight excluding hydrogens is 445 g/mol. The lowest BCUT2D eigenvalue weighted by Crippen LogP contribution is -2.32. The largest absolute Gasteiger partial charge is 0.474 e. The lowest BCUT2D eigenvalue weighted by atomic mass is 9.85. The number of pyridine rings is 1. The zero-order valence-corrected chi connectivity index (χ0v) is 18.8. The minimum absolute atomic E-state index is 0.0327. The van der Waals surface area contributed by atoms with Gasteiger partial charge in [-0.2, -0.15) is 5.26 Å². The second-order valence-corrected chi connectivity index (χ2v) is 8.40. The molecule has 1 aliphatic rings. The van der Waals surface area contributed by atoms with Crippen LogP contribution in [0.25, 0.3) is 0 Å². The number of likely N-dealkylation sites (tertiary alicyclic amines) is 1. The van der Waals surface area contributed by atoms with E-state index in [1.165, 1.54) is 24.7 Å². The third-order valence-corrected chi connectivity index (χ3v) is 6.12. The van der Waals surface area contributed by atoms with Gasteiger partial charge in [0, 0.05) is 49.6 Å². The second-order valence-electron chi connectivity index (χ2n) is 7.99. The number of aromatic nitrogens is 3. The molecule has 33 heavy (non-hydrogen) atoms. The Labute approximate surface area is 195 Å². The summed E-state index contributed by atoms with van der Waals surface area (Å²) in [7, 11) is 0. The Morgan fingerprint density at radius 1 is 1.21 bits per heavy atom. The summed E-state index contributed by atoms with van der Waals surface area (Å²) >= 11 is 6.05. The molecule has 9 heteroatoms. The van der Waals surface area contributed by atoms with Crippen molar-refractivity contribution in [3.05, 3.63) is 82.3 Å². The summed E-state index contributed by atoms with van der Waals surface area (Å²) in [6.07, 6.45) is 4.15. The van der Waals surface area contributed by atoms with Crippen LogP contribution in [0, 0.1) is 30.0 Å². The Kier molecular flexibility index (Phi) is 6.52. The summed E-state index contributed by atoms with van der Waals surface area (Å²) in [4.78, 5) is 27.3. The first-order valence-electron chi connectivity index (χ1n) is 10.4. The molecule has 168 valence electrons. The number of rotatable bonds is 5. The van der Waals surface area contributed by atoms with Crippen LogP contribution in [0.15, 0.2) is 48.9 Å². The highest BCUT2D eigenvalue weighted by molar-refractivity contribution is 6.30. The number of hydrogen-bond donors (Lipinski definition) is 0. The Hall–Kier alpha value is -3.57. The minimum Gasteiger partial charge on any atom is -0.474 e. The number of nitrogens with zero attached hydrogens (tertiary/aromatic N) is 5. The quantitative estimate of drug-likeness (QED) is 0.561. The number of halogens is 2. The van der Waals surface area contributed by atoms with Crippen LogP contribution in [-0.4, -0.2) is 45.0 Å². The Morgan fingerprint density at radius 3 is 2.61 bits per heavy atom. The van der Waals surface area contributed by atoms with Crippen LogP contribution in [0.1, 0.15) is 40.2 Å². The molecule has 1 unspecified atom stereocenters. The zero-order valence-electron chi connectivity index (χ0n) is 18.1. The van der Waals surface area contributed by atoms with E-state index in [4.69, 9.17) is 21.6 Å². The molecule has 0 aliphatic carbocycles. The molecule has 0 N–H and O–H groups in total. The number of nitriles is 1. The van der Waals surface area contributed by atoms with Gasteiger partial charge in [0.05, 0.1) is 16.1 Å². The van der Waals surface area contributed by atoms with Gasteiger partial charge in [-0.05, 0) is 37.6 Å². The van der Waals surface area contributed by atoms with E-state index >= 15 is 0 Å². The van der Waals surface area contributed by atoms with Gasteiger partial charge in [-0.3, -0.25) is 4.79 Å². The number of amides is 1. The van der Waals surface area contributed by atoms with E-state index in [0.29, 0.717) is 35.9 Å². The fourth-order valence-electron chi connectivity index (χ4n) is 4.05. The van der Waals surface area contributed by atoms with Gasteiger partial charge >= 0.3 is 0 Å². The minimum atomic E-state index is -0.495. The highest BCUT2D eigenvalue weighted by Gasteiger charge is 2.40. The van der Waals surface area contributed by atoms with Gasteiger partial charge in [-0.1, -0.05) is 17.7 Å². The summed E-state index contributed by atoms with van der Waals surface area (Å²) in [5, 5.41) is 8.99. The summed E-state index contributed by atoms with van der Waals surface area (Å²) in [5.74, 6) is 0.0481. The maximum atomic E-state index is 13.8. The molecule has 1 aromatic carbocycles. The van der Waals surface area contributed by atoms with Crippen molar-refractivity contribution in [2.45, 2.75) is 25.9 Å². The molecule has 0 bridgehead atoms. The van der Waals surface area contributed by atoms with Gasteiger partial charge in [0.15, 0.2) is 0 Å². The van der Waals surface area contributed by atoms with Crippen molar-refractivity contribution in [3.8, 4) is 11.9 Å². The summed E-state index contributed by atoms with van der Waals surface area (Å²) in [6.45, 7) is 4.49. The van der Waals surface area contributed by atoms with Crippen LogP contribution >= 0.6 is 11.6 Å². The van der Waals surface area contributed by atoms with Gasteiger partial charge in [0.1, 0.15) is 23.8 Å². The molecule has 0 spiro atoms. The third kappa shape index (κ3) is 4.94. The van der Waals surface area contributed by atoms with Crippen molar-refractivity contribution < 1.29 is 13.9 Å². The lowest BCUT2D eigenvalue weighted by molar-refractivity contribution is 0.0769. The molecule has 0 saturated carbocycles. The summed E-state index contributed by atoms with van der Waals surface area (Å²) < 4.78 is 19.8. The van der Waals surface area contributed by atoms with Crippen LogP contribution in [0.3, 0.4) is 0 Å². The third-order valence-electron chi connectivity index (χ3n) is 5.83. The van der Waals surface area contributed by atoms with Crippen LogP contribution in [-0.2, 0) is 0 Å². The number of aryl methyl sites for hydroxylation is 1. The molecule has 3 aromatic rings. The number of hydrogen-bond acceptors (Lipinski definition) is 6. The molecule has 0 radical (unpaired) electrons. The van der Waals surface area contributed by atoms with E-state index in [9.17, 15) is 9.18 Å². The van der Waals surface area contributed by atoms with Gasteiger partial charge in [-0.15, -0.1) is 0 Å². The SMILES string of the molecule is Cc1ncc(C(=O)N2CC([C@H](C)Oc3ccc(C#N)cn3)[C@@H](c3ccc(F)c(Cl)c3)C2)cn1. The van der Waals surface area contributed by atoms with Crippen LogP contribution in [0.4, 0.5) is 4.39 Å². The molecule has 1 aliphatic heterocycles. The zero-order chi connectivity index (χ0) is 23.5.